The Morgan fingerprint density at radius 3 is 1.50 bits per heavy atom. The third-order valence-corrected chi connectivity index (χ3v) is 2.66. The van der Waals surface area contributed by atoms with Crippen molar-refractivity contribution in [2.45, 2.75) is 47.5 Å². The molecule has 0 aromatic rings. The Bertz CT molecular complexity index is 68.1. The van der Waals surface area contributed by atoms with Gasteiger partial charge in [-0.2, -0.15) is 0 Å². The lowest BCUT2D eigenvalue weighted by Crippen LogP contribution is -1.75. The van der Waals surface area contributed by atoms with Crippen LogP contribution in [0.2, 0.25) is 0 Å². The van der Waals surface area contributed by atoms with Gasteiger partial charge in [-0.25, -0.2) is 0 Å². The second-order valence-electron chi connectivity index (χ2n) is 3.17. The maximum atomic E-state index is 2.37. The van der Waals surface area contributed by atoms with Gasteiger partial charge in [-0.3, -0.25) is 0 Å². The molecule has 0 aromatic heterocycles. The topological polar surface area (TPSA) is 0 Å². The van der Waals surface area contributed by atoms with E-state index in [1.165, 1.54) is 12.8 Å². The molecule has 0 aliphatic heterocycles. The van der Waals surface area contributed by atoms with Gasteiger partial charge in [-0.05, 0) is 17.8 Å². The molecule has 0 radical (unpaired) electrons. The van der Waals surface area contributed by atoms with Gasteiger partial charge in [0, 0.05) is 0 Å². The monoisotopic (exact) mass is 142 g/mol. The van der Waals surface area contributed by atoms with Gasteiger partial charge in [0.15, 0.2) is 0 Å². The Morgan fingerprint density at radius 1 is 1.00 bits per heavy atom. The molecule has 0 aromatic carbocycles. The van der Waals surface area contributed by atoms with Crippen molar-refractivity contribution in [1.82, 2.24) is 0 Å². The van der Waals surface area contributed by atoms with Crippen LogP contribution in [-0.4, -0.2) is 0 Å². The van der Waals surface area contributed by atoms with E-state index in [1.54, 1.807) is 0 Å². The molecule has 1 aliphatic carbocycles. The van der Waals surface area contributed by atoms with Crippen LogP contribution >= 0.6 is 0 Å². The van der Waals surface area contributed by atoms with E-state index >= 15 is 0 Å². The molecule has 10 heavy (non-hydrogen) atoms. The molecule has 0 bridgehead atoms. The molecule has 1 aliphatic rings. The molecule has 0 saturated heterocycles. The summed E-state index contributed by atoms with van der Waals surface area (Å²) in [6, 6.07) is 0. The van der Waals surface area contributed by atoms with Crippen LogP contribution in [0.1, 0.15) is 47.5 Å². The van der Waals surface area contributed by atoms with Gasteiger partial charge in [0.2, 0.25) is 0 Å². The first kappa shape index (κ1) is 10.0. The van der Waals surface area contributed by atoms with Gasteiger partial charge in [-0.15, -0.1) is 0 Å². The van der Waals surface area contributed by atoms with Crippen LogP contribution in [0.4, 0.5) is 0 Å². The molecule has 1 fully saturated rings. The standard InChI is InChI=1S/C8H16.C2H6/c1-4-5-8-6(2)7(8)3;1-2/h6-8H,4-5H2,1-3H3;1-2H3. The van der Waals surface area contributed by atoms with Crippen LogP contribution in [0.5, 0.6) is 0 Å². The van der Waals surface area contributed by atoms with E-state index in [4.69, 9.17) is 0 Å². The molecule has 0 amide bonds. The molecule has 0 nitrogen and oxygen atoms in total. The van der Waals surface area contributed by atoms with E-state index in [1.807, 2.05) is 13.8 Å². The van der Waals surface area contributed by atoms with Gasteiger partial charge in [0.05, 0.1) is 0 Å². The zero-order chi connectivity index (χ0) is 8.15. The van der Waals surface area contributed by atoms with E-state index in [-0.39, 0.29) is 0 Å². The second-order valence-corrected chi connectivity index (χ2v) is 3.17. The summed E-state index contributed by atoms with van der Waals surface area (Å²) < 4.78 is 0. The van der Waals surface area contributed by atoms with Crippen molar-refractivity contribution in [2.24, 2.45) is 17.8 Å². The van der Waals surface area contributed by atoms with Crippen molar-refractivity contribution < 1.29 is 0 Å². The Morgan fingerprint density at radius 2 is 1.40 bits per heavy atom. The normalized spacial score (nSPS) is 36.3. The summed E-state index contributed by atoms with van der Waals surface area (Å²) in [5.41, 5.74) is 0. The molecular formula is C10H22. The summed E-state index contributed by atoms with van der Waals surface area (Å²) in [6.45, 7) is 11.0. The molecular weight excluding hydrogens is 120 g/mol. The minimum Gasteiger partial charge on any atom is -0.0683 e. The third-order valence-electron chi connectivity index (χ3n) is 2.66. The van der Waals surface area contributed by atoms with Gasteiger partial charge in [0.1, 0.15) is 0 Å². The van der Waals surface area contributed by atoms with Crippen LogP contribution in [0.3, 0.4) is 0 Å². The van der Waals surface area contributed by atoms with Gasteiger partial charge in [0.25, 0.3) is 0 Å². The summed E-state index contributed by atoms with van der Waals surface area (Å²) in [6.07, 6.45) is 2.84. The predicted molar refractivity (Wildman–Crippen MR) is 48.1 cm³/mol. The second kappa shape index (κ2) is 4.76. The summed E-state index contributed by atoms with van der Waals surface area (Å²) in [5.74, 6) is 3.16. The van der Waals surface area contributed by atoms with Crippen LogP contribution in [0.25, 0.3) is 0 Å². The average molecular weight is 142 g/mol. The fraction of sp³-hybridized carbons (Fsp3) is 1.00. The van der Waals surface area contributed by atoms with Gasteiger partial charge in [-0.1, -0.05) is 47.5 Å². The van der Waals surface area contributed by atoms with Crippen LogP contribution in [0.15, 0.2) is 0 Å². The highest BCUT2D eigenvalue weighted by Gasteiger charge is 2.41. The van der Waals surface area contributed by atoms with Gasteiger partial charge < -0.3 is 0 Å². The molecule has 0 N–H and O–H groups in total. The third kappa shape index (κ3) is 2.32. The highest BCUT2D eigenvalue weighted by Crippen LogP contribution is 2.48. The minimum absolute atomic E-state index is 1.04. The lowest BCUT2D eigenvalue weighted by atomic mass is 10.2. The Balaban J connectivity index is 0.000000371. The largest absolute Gasteiger partial charge is 0.0683 e. The fourth-order valence-electron chi connectivity index (χ4n) is 1.62. The van der Waals surface area contributed by atoms with Crippen molar-refractivity contribution in [3.63, 3.8) is 0 Å². The molecule has 62 valence electrons. The number of hydrogen-bond acceptors (Lipinski definition) is 0. The Hall–Kier alpha value is 0. The zero-order valence-electron chi connectivity index (χ0n) is 8.15. The smallest absolute Gasteiger partial charge is 0.0357 e. The predicted octanol–water partition coefficient (Wildman–Crippen LogP) is 3.71. The number of hydrogen-bond donors (Lipinski definition) is 0. The van der Waals surface area contributed by atoms with Crippen molar-refractivity contribution >= 4 is 0 Å². The molecule has 2 unspecified atom stereocenters. The van der Waals surface area contributed by atoms with Crippen molar-refractivity contribution in [1.29, 1.82) is 0 Å². The molecule has 1 saturated carbocycles. The summed E-state index contributed by atoms with van der Waals surface area (Å²) in [5, 5.41) is 0. The van der Waals surface area contributed by atoms with Crippen LogP contribution in [-0.2, 0) is 0 Å². The lowest BCUT2D eigenvalue weighted by molar-refractivity contribution is 0.642. The first-order chi connectivity index (χ1) is 4.77. The first-order valence-corrected chi connectivity index (χ1v) is 4.77. The Labute approximate surface area is 66.0 Å². The molecule has 1 rings (SSSR count). The average Bonchev–Trinajstić information content (AvgIpc) is 2.51. The Kier molecular flexibility index (Phi) is 4.76. The van der Waals surface area contributed by atoms with Crippen LogP contribution < -0.4 is 0 Å². The first-order valence-electron chi connectivity index (χ1n) is 4.77. The lowest BCUT2D eigenvalue weighted by Gasteiger charge is -1.87. The fourth-order valence-corrected chi connectivity index (χ4v) is 1.62. The van der Waals surface area contributed by atoms with Crippen molar-refractivity contribution in [2.75, 3.05) is 0 Å². The van der Waals surface area contributed by atoms with Crippen LogP contribution in [0, 0.1) is 17.8 Å². The van der Waals surface area contributed by atoms with Crippen molar-refractivity contribution in [3.05, 3.63) is 0 Å². The van der Waals surface area contributed by atoms with Gasteiger partial charge >= 0.3 is 0 Å². The highest BCUT2D eigenvalue weighted by atomic mass is 14.5. The maximum absolute atomic E-state index is 2.37. The van der Waals surface area contributed by atoms with E-state index in [2.05, 4.69) is 20.8 Å². The SMILES string of the molecule is CC.CCCC1C(C)C1C. The minimum atomic E-state index is 1.04. The summed E-state index contributed by atoms with van der Waals surface area (Å²) >= 11 is 0. The molecule has 0 heterocycles. The van der Waals surface area contributed by atoms with Crippen molar-refractivity contribution in [3.8, 4) is 0 Å². The molecule has 2 atom stereocenters. The zero-order valence-corrected chi connectivity index (χ0v) is 8.15. The van der Waals surface area contributed by atoms with E-state index in [0.29, 0.717) is 0 Å². The number of rotatable bonds is 2. The summed E-state index contributed by atoms with van der Waals surface area (Å²) in [7, 11) is 0. The maximum Gasteiger partial charge on any atom is -0.0357 e. The molecule has 0 heteroatoms. The van der Waals surface area contributed by atoms with E-state index in [0.717, 1.165) is 17.8 Å². The quantitative estimate of drug-likeness (QED) is 0.551. The highest BCUT2D eigenvalue weighted by molar-refractivity contribution is 4.89. The van der Waals surface area contributed by atoms with E-state index in [9.17, 15) is 0 Å². The van der Waals surface area contributed by atoms with E-state index < -0.39 is 0 Å². The molecule has 0 spiro atoms. The summed E-state index contributed by atoms with van der Waals surface area (Å²) in [4.78, 5) is 0.